The second-order valence-electron chi connectivity index (χ2n) is 9.93. The Morgan fingerprint density at radius 1 is 1.17 bits per heavy atom. The first kappa shape index (κ1) is 32.6. The molecule has 2 aliphatic heterocycles. The van der Waals surface area contributed by atoms with Crippen LogP contribution in [0.5, 0.6) is 0 Å². The number of hydrogen-bond acceptors (Lipinski definition) is 10. The first-order valence-electron chi connectivity index (χ1n) is 14.1. The molecule has 0 aliphatic carbocycles. The van der Waals surface area contributed by atoms with Gasteiger partial charge in [0.15, 0.2) is 10.8 Å². The smallest absolute Gasteiger partial charge is 0.338 e. The molecule has 0 saturated carbocycles. The van der Waals surface area contributed by atoms with Crippen LogP contribution in [0.3, 0.4) is 0 Å². The summed E-state index contributed by atoms with van der Waals surface area (Å²) in [6.45, 7) is 7.77. The van der Waals surface area contributed by atoms with Gasteiger partial charge in [-0.2, -0.15) is 0 Å². The normalized spacial score (nSPS) is 18.8. The van der Waals surface area contributed by atoms with Gasteiger partial charge in [-0.25, -0.2) is 9.78 Å². The van der Waals surface area contributed by atoms with Crippen LogP contribution in [0, 0.1) is 0 Å². The van der Waals surface area contributed by atoms with Crippen LogP contribution in [-0.4, -0.2) is 76.2 Å². The molecular weight excluding hydrogens is 619 g/mol. The summed E-state index contributed by atoms with van der Waals surface area (Å²) in [5, 5.41) is 6.65. The van der Waals surface area contributed by atoms with E-state index < -0.39 is 28.7 Å². The Hall–Kier alpha value is -2.31. The van der Waals surface area contributed by atoms with Crippen LogP contribution in [-0.2, 0) is 29.9 Å². The SMILES string of the molecule is CCCCC(C(=O)OCC)c1csc(C2=NC(c3ccc(Cl)cc3Cl)C(C(=O)OCC)=C(CN3CCS(=O)CC3)N2)n1. The number of aromatic nitrogens is 1. The van der Waals surface area contributed by atoms with Crippen molar-refractivity contribution in [3.05, 3.63) is 61.2 Å². The van der Waals surface area contributed by atoms with Gasteiger partial charge < -0.3 is 14.8 Å². The predicted octanol–water partition coefficient (Wildman–Crippen LogP) is 5.26. The summed E-state index contributed by atoms with van der Waals surface area (Å²) in [7, 11) is -0.846. The lowest BCUT2D eigenvalue weighted by molar-refractivity contribution is -0.145. The van der Waals surface area contributed by atoms with Crippen molar-refractivity contribution in [1.82, 2.24) is 15.2 Å². The standard InChI is InChI=1S/C29H36Cl2N4O5S2/c1-4-7-8-20(28(36)39-5-2)23-17-41-27(33-23)26-32-22(16-35-11-13-42(38)14-12-35)24(29(37)40-6-3)25(34-26)19-10-9-18(30)15-21(19)31/h9-10,15,17,20,25H,4-8,11-14,16H2,1-3H3,(H,32,34). The Balaban J connectivity index is 1.78. The Labute approximate surface area is 263 Å². The van der Waals surface area contributed by atoms with Crippen molar-refractivity contribution in [2.75, 3.05) is 44.4 Å². The highest BCUT2D eigenvalue weighted by molar-refractivity contribution is 7.85. The van der Waals surface area contributed by atoms with E-state index in [1.54, 1.807) is 32.0 Å². The predicted molar refractivity (Wildman–Crippen MR) is 168 cm³/mol. The Morgan fingerprint density at radius 2 is 1.90 bits per heavy atom. The lowest BCUT2D eigenvalue weighted by Crippen LogP contribution is -2.44. The maximum absolute atomic E-state index is 13.4. The van der Waals surface area contributed by atoms with Crippen molar-refractivity contribution in [2.45, 2.75) is 52.0 Å². The van der Waals surface area contributed by atoms with Crippen LogP contribution in [0.25, 0.3) is 0 Å². The van der Waals surface area contributed by atoms with E-state index >= 15 is 0 Å². The van der Waals surface area contributed by atoms with Crippen molar-refractivity contribution in [2.24, 2.45) is 4.99 Å². The molecule has 1 saturated heterocycles. The Kier molecular flexibility index (Phi) is 12.0. The average molecular weight is 656 g/mol. The highest BCUT2D eigenvalue weighted by Crippen LogP contribution is 2.38. The van der Waals surface area contributed by atoms with Gasteiger partial charge in [0.05, 0.1) is 30.4 Å². The molecular formula is C29H36Cl2N4O5S2. The lowest BCUT2D eigenvalue weighted by atomic mass is 9.95. The van der Waals surface area contributed by atoms with Gasteiger partial charge in [-0.15, -0.1) is 11.3 Å². The second-order valence-corrected chi connectivity index (χ2v) is 13.3. The summed E-state index contributed by atoms with van der Waals surface area (Å²) < 4.78 is 22.8. The van der Waals surface area contributed by atoms with Crippen LogP contribution in [0.4, 0.5) is 0 Å². The molecule has 2 aliphatic rings. The topological polar surface area (TPSA) is 110 Å². The van der Waals surface area contributed by atoms with E-state index in [9.17, 15) is 13.8 Å². The Morgan fingerprint density at radius 3 is 2.57 bits per heavy atom. The third-order valence-corrected chi connectivity index (χ3v) is 9.74. The minimum absolute atomic E-state index is 0.193. The van der Waals surface area contributed by atoms with Gasteiger partial charge in [0.2, 0.25) is 0 Å². The molecule has 3 heterocycles. The van der Waals surface area contributed by atoms with E-state index in [0.29, 0.717) is 87.6 Å². The van der Waals surface area contributed by atoms with E-state index in [1.165, 1.54) is 11.3 Å². The van der Waals surface area contributed by atoms with Crippen molar-refractivity contribution in [1.29, 1.82) is 0 Å². The number of nitrogens with zero attached hydrogens (tertiary/aromatic N) is 3. The number of aliphatic imine (C=N–C) groups is 1. The van der Waals surface area contributed by atoms with Crippen molar-refractivity contribution < 1.29 is 23.3 Å². The molecule has 42 heavy (non-hydrogen) atoms. The fourth-order valence-corrected chi connectivity index (χ4v) is 7.34. The summed E-state index contributed by atoms with van der Waals surface area (Å²) in [6.07, 6.45) is 2.44. The molecule has 1 aromatic carbocycles. The quantitative estimate of drug-likeness (QED) is 0.309. The molecule has 0 bridgehead atoms. The number of nitrogens with one attached hydrogen (secondary N) is 1. The van der Waals surface area contributed by atoms with Crippen LogP contribution in [0.2, 0.25) is 10.0 Å². The molecule has 1 aromatic heterocycles. The third-order valence-electron chi connectivity index (χ3n) is 7.03. The fourth-order valence-electron chi connectivity index (χ4n) is 4.88. The second kappa shape index (κ2) is 15.4. The lowest BCUT2D eigenvalue weighted by Gasteiger charge is -2.32. The maximum atomic E-state index is 13.4. The minimum Gasteiger partial charge on any atom is -0.465 e. The Bertz CT molecular complexity index is 1370. The number of hydrogen-bond donors (Lipinski definition) is 1. The maximum Gasteiger partial charge on any atom is 0.338 e. The fraction of sp³-hybridized carbons (Fsp3) is 0.517. The number of ether oxygens (including phenoxy) is 2. The number of unbranched alkanes of at least 4 members (excludes halogenated alkanes) is 1. The minimum atomic E-state index is -0.846. The number of amidine groups is 1. The van der Waals surface area contributed by atoms with Crippen molar-refractivity contribution in [3.63, 3.8) is 0 Å². The molecule has 0 spiro atoms. The zero-order chi connectivity index (χ0) is 30.2. The average Bonchev–Trinajstić information content (AvgIpc) is 3.44. The highest BCUT2D eigenvalue weighted by Gasteiger charge is 2.35. The van der Waals surface area contributed by atoms with Crippen LogP contribution >= 0.6 is 34.5 Å². The van der Waals surface area contributed by atoms with E-state index in [1.807, 2.05) is 5.38 Å². The number of thiazole rings is 1. The third kappa shape index (κ3) is 7.99. The zero-order valence-electron chi connectivity index (χ0n) is 24.0. The first-order chi connectivity index (χ1) is 20.2. The molecule has 2 atom stereocenters. The van der Waals surface area contributed by atoms with Crippen LogP contribution < -0.4 is 5.32 Å². The van der Waals surface area contributed by atoms with Crippen LogP contribution in [0.15, 0.2) is 39.8 Å². The summed E-state index contributed by atoms with van der Waals surface area (Å²) in [5.74, 6) is 0.334. The molecule has 9 nitrogen and oxygen atoms in total. The van der Waals surface area contributed by atoms with E-state index in [0.717, 1.165) is 12.8 Å². The molecule has 0 radical (unpaired) electrons. The van der Waals surface area contributed by atoms with Gasteiger partial charge in [-0.1, -0.05) is 49.0 Å². The number of carbonyl (C=O) groups is 2. The van der Waals surface area contributed by atoms with E-state index in [-0.39, 0.29) is 12.6 Å². The number of rotatable bonds is 12. The van der Waals surface area contributed by atoms with Gasteiger partial charge in [-0.05, 0) is 32.4 Å². The monoisotopic (exact) mass is 654 g/mol. The highest BCUT2D eigenvalue weighted by atomic mass is 35.5. The molecule has 1 fully saturated rings. The first-order valence-corrected chi connectivity index (χ1v) is 17.3. The number of benzene rings is 1. The van der Waals surface area contributed by atoms with Crippen LogP contribution in [0.1, 0.15) is 68.3 Å². The van der Waals surface area contributed by atoms with E-state index in [2.05, 4.69) is 17.1 Å². The van der Waals surface area contributed by atoms with E-state index in [4.69, 9.17) is 42.7 Å². The summed E-state index contributed by atoms with van der Waals surface area (Å²) in [5.41, 5.74) is 2.20. The summed E-state index contributed by atoms with van der Waals surface area (Å²) in [4.78, 5) is 38.2. The molecule has 228 valence electrons. The molecule has 2 unspecified atom stereocenters. The van der Waals surface area contributed by atoms with Gasteiger partial charge in [0, 0.05) is 68.6 Å². The van der Waals surface area contributed by atoms with Gasteiger partial charge in [-0.3, -0.25) is 18.9 Å². The summed E-state index contributed by atoms with van der Waals surface area (Å²) >= 11 is 14.2. The summed E-state index contributed by atoms with van der Waals surface area (Å²) in [6, 6.07) is 4.31. The number of carbonyl (C=O) groups excluding carboxylic acids is 2. The van der Waals surface area contributed by atoms with Gasteiger partial charge >= 0.3 is 11.9 Å². The molecule has 13 heteroatoms. The molecule has 2 aromatic rings. The zero-order valence-corrected chi connectivity index (χ0v) is 27.1. The van der Waals surface area contributed by atoms with Gasteiger partial charge in [0.1, 0.15) is 6.04 Å². The molecule has 0 amide bonds. The molecule has 4 rings (SSSR count). The molecule has 1 N–H and O–H groups in total. The van der Waals surface area contributed by atoms with Gasteiger partial charge in [0.25, 0.3) is 0 Å². The largest absolute Gasteiger partial charge is 0.465 e. The van der Waals surface area contributed by atoms with Crippen molar-refractivity contribution >= 4 is 63.1 Å². The van der Waals surface area contributed by atoms with Crippen molar-refractivity contribution in [3.8, 4) is 0 Å². The number of esters is 2. The number of halogens is 2.